The fourth-order valence-corrected chi connectivity index (χ4v) is 6.98. The van der Waals surface area contributed by atoms with Gasteiger partial charge in [0.25, 0.3) is 0 Å². The SMILES string of the molecule is c1ccc2c(c1)-c1cccc3cc(-c4cc5c6ccccc6c6ccccc6c5c5ccccc45)cc-2c13. The molecular formula is C38H22. The third-order valence-corrected chi connectivity index (χ3v) is 8.54. The standard InChI is InChI=1S/C38H22/c1-3-14-28-25(11-1)26-12-5-7-17-32(26)38-33-18-8-6-16-30(33)34(22-36(28)38)24-20-23-10-9-19-31-27-13-2-4-15-29(27)35(21-24)37(23)31/h1-22H. The monoisotopic (exact) mass is 478 g/mol. The third-order valence-electron chi connectivity index (χ3n) is 8.54. The maximum absolute atomic E-state index is 2.45. The molecule has 8 aromatic rings. The topological polar surface area (TPSA) is 0 Å². The average Bonchev–Trinajstić information content (AvgIpc) is 3.31. The maximum atomic E-state index is 2.45. The molecule has 0 N–H and O–H groups in total. The van der Waals surface area contributed by atoms with Crippen LogP contribution >= 0.6 is 0 Å². The lowest BCUT2D eigenvalue weighted by Crippen LogP contribution is -1.89. The van der Waals surface area contributed by atoms with E-state index < -0.39 is 0 Å². The second-order valence-electron chi connectivity index (χ2n) is 10.5. The van der Waals surface area contributed by atoms with Gasteiger partial charge in [-0.15, -0.1) is 0 Å². The highest BCUT2D eigenvalue weighted by atomic mass is 14.3. The van der Waals surface area contributed by atoms with Crippen LogP contribution in [0.5, 0.6) is 0 Å². The van der Waals surface area contributed by atoms with E-state index in [4.69, 9.17) is 0 Å². The van der Waals surface area contributed by atoms with Gasteiger partial charge in [0.15, 0.2) is 0 Å². The van der Waals surface area contributed by atoms with E-state index in [0.29, 0.717) is 0 Å². The van der Waals surface area contributed by atoms with Gasteiger partial charge >= 0.3 is 0 Å². The van der Waals surface area contributed by atoms with Crippen molar-refractivity contribution in [2.45, 2.75) is 0 Å². The molecule has 0 bridgehead atoms. The molecule has 1 aliphatic rings. The predicted molar refractivity (Wildman–Crippen MR) is 164 cm³/mol. The lowest BCUT2D eigenvalue weighted by molar-refractivity contribution is 1.69. The molecule has 9 rings (SSSR count). The van der Waals surface area contributed by atoms with Crippen LogP contribution in [0.15, 0.2) is 133 Å². The van der Waals surface area contributed by atoms with Gasteiger partial charge in [-0.05, 0) is 105 Å². The largest absolute Gasteiger partial charge is 0.0616 e. The first-order valence-corrected chi connectivity index (χ1v) is 13.3. The Morgan fingerprint density at radius 1 is 0.263 bits per heavy atom. The lowest BCUT2D eigenvalue weighted by atomic mass is 9.86. The molecule has 0 aliphatic heterocycles. The van der Waals surface area contributed by atoms with Gasteiger partial charge in [-0.25, -0.2) is 0 Å². The molecule has 0 amide bonds. The van der Waals surface area contributed by atoms with Crippen LogP contribution in [0.4, 0.5) is 0 Å². The smallest absolute Gasteiger partial charge is 0.00199 e. The number of hydrogen-bond donors (Lipinski definition) is 0. The molecule has 0 spiro atoms. The highest BCUT2D eigenvalue weighted by molar-refractivity contribution is 6.33. The Kier molecular flexibility index (Phi) is 3.88. The Labute approximate surface area is 220 Å². The van der Waals surface area contributed by atoms with Gasteiger partial charge < -0.3 is 0 Å². The van der Waals surface area contributed by atoms with Crippen molar-refractivity contribution in [1.82, 2.24) is 0 Å². The minimum atomic E-state index is 1.27. The van der Waals surface area contributed by atoms with Gasteiger partial charge in [0.2, 0.25) is 0 Å². The average molecular weight is 479 g/mol. The van der Waals surface area contributed by atoms with Crippen molar-refractivity contribution in [3.63, 3.8) is 0 Å². The van der Waals surface area contributed by atoms with E-state index in [9.17, 15) is 0 Å². The zero-order valence-corrected chi connectivity index (χ0v) is 20.7. The molecular weight excluding hydrogens is 456 g/mol. The summed E-state index contributed by atoms with van der Waals surface area (Å²) in [4.78, 5) is 0. The highest BCUT2D eigenvalue weighted by Gasteiger charge is 2.22. The Morgan fingerprint density at radius 2 is 0.789 bits per heavy atom. The molecule has 0 saturated carbocycles. The van der Waals surface area contributed by atoms with Crippen molar-refractivity contribution < 1.29 is 0 Å². The van der Waals surface area contributed by atoms with Crippen LogP contribution in [0.25, 0.3) is 87.2 Å². The Hall–Kier alpha value is -4.94. The Balaban J connectivity index is 1.47. The van der Waals surface area contributed by atoms with Crippen molar-refractivity contribution in [2.75, 3.05) is 0 Å². The number of rotatable bonds is 1. The Morgan fingerprint density at radius 3 is 1.53 bits per heavy atom. The van der Waals surface area contributed by atoms with E-state index in [0.717, 1.165) is 0 Å². The first-order chi connectivity index (χ1) is 18.9. The zero-order chi connectivity index (χ0) is 24.8. The summed E-state index contributed by atoms with van der Waals surface area (Å²) in [5, 5.41) is 13.2. The van der Waals surface area contributed by atoms with Crippen LogP contribution in [0.2, 0.25) is 0 Å². The Bertz CT molecular complexity index is 2280. The van der Waals surface area contributed by atoms with E-state index in [1.165, 1.54) is 87.2 Å². The van der Waals surface area contributed by atoms with E-state index >= 15 is 0 Å². The van der Waals surface area contributed by atoms with Crippen LogP contribution < -0.4 is 0 Å². The first-order valence-electron chi connectivity index (χ1n) is 13.3. The lowest BCUT2D eigenvalue weighted by Gasteiger charge is -2.17. The second kappa shape index (κ2) is 7.31. The van der Waals surface area contributed by atoms with Crippen molar-refractivity contribution in [2.24, 2.45) is 0 Å². The van der Waals surface area contributed by atoms with E-state index in [2.05, 4.69) is 133 Å². The molecule has 1 aliphatic carbocycles. The van der Waals surface area contributed by atoms with Crippen LogP contribution in [0, 0.1) is 0 Å². The summed E-state index contributed by atoms with van der Waals surface area (Å²) in [7, 11) is 0. The molecule has 0 nitrogen and oxygen atoms in total. The molecule has 8 aromatic carbocycles. The summed E-state index contributed by atoms with van der Waals surface area (Å²) in [6.07, 6.45) is 0. The van der Waals surface area contributed by atoms with Crippen molar-refractivity contribution >= 4 is 53.9 Å². The summed E-state index contributed by atoms with van der Waals surface area (Å²) in [6.45, 7) is 0. The highest BCUT2D eigenvalue weighted by Crippen LogP contribution is 2.50. The molecule has 0 radical (unpaired) electrons. The molecule has 174 valence electrons. The molecule has 0 saturated heterocycles. The van der Waals surface area contributed by atoms with E-state index in [1.807, 2.05) is 0 Å². The maximum Gasteiger partial charge on any atom is -0.00199 e. The van der Waals surface area contributed by atoms with Gasteiger partial charge in [-0.3, -0.25) is 0 Å². The zero-order valence-electron chi connectivity index (χ0n) is 20.7. The van der Waals surface area contributed by atoms with Crippen molar-refractivity contribution in [3.05, 3.63) is 133 Å². The van der Waals surface area contributed by atoms with Crippen molar-refractivity contribution in [1.29, 1.82) is 0 Å². The van der Waals surface area contributed by atoms with Gasteiger partial charge in [-0.2, -0.15) is 0 Å². The fraction of sp³-hybridized carbons (Fsp3) is 0. The number of benzene rings is 8. The fourth-order valence-electron chi connectivity index (χ4n) is 6.98. The molecule has 0 heterocycles. The summed E-state index contributed by atoms with van der Waals surface area (Å²) < 4.78 is 0. The van der Waals surface area contributed by atoms with Gasteiger partial charge in [-0.1, -0.05) is 115 Å². The minimum absolute atomic E-state index is 1.27. The normalized spacial score (nSPS) is 12.2. The van der Waals surface area contributed by atoms with Crippen LogP contribution in [-0.2, 0) is 0 Å². The molecule has 0 aromatic heterocycles. The van der Waals surface area contributed by atoms with Gasteiger partial charge in [0.05, 0.1) is 0 Å². The van der Waals surface area contributed by atoms with Gasteiger partial charge in [0.1, 0.15) is 0 Å². The quantitative estimate of drug-likeness (QED) is 0.206. The van der Waals surface area contributed by atoms with Crippen molar-refractivity contribution in [3.8, 4) is 33.4 Å². The number of hydrogen-bond acceptors (Lipinski definition) is 0. The summed E-state index contributed by atoms with van der Waals surface area (Å²) in [6, 6.07) is 49.5. The summed E-state index contributed by atoms with van der Waals surface area (Å²) in [5.74, 6) is 0. The molecule has 0 unspecified atom stereocenters. The van der Waals surface area contributed by atoms with Gasteiger partial charge in [0, 0.05) is 0 Å². The van der Waals surface area contributed by atoms with Crippen LogP contribution in [0.1, 0.15) is 0 Å². The van der Waals surface area contributed by atoms with E-state index in [-0.39, 0.29) is 0 Å². The first kappa shape index (κ1) is 20.2. The predicted octanol–water partition coefficient (Wildman–Crippen LogP) is 10.8. The third kappa shape index (κ3) is 2.54. The molecule has 0 atom stereocenters. The molecule has 0 fully saturated rings. The second-order valence-corrected chi connectivity index (χ2v) is 10.5. The summed E-state index contributed by atoms with van der Waals surface area (Å²) >= 11 is 0. The van der Waals surface area contributed by atoms with Crippen LogP contribution in [0.3, 0.4) is 0 Å². The number of fused-ring (bicyclic) bond motifs is 11. The van der Waals surface area contributed by atoms with E-state index in [1.54, 1.807) is 0 Å². The van der Waals surface area contributed by atoms with Crippen LogP contribution in [-0.4, -0.2) is 0 Å². The minimum Gasteiger partial charge on any atom is -0.0616 e. The molecule has 0 heteroatoms. The molecule has 38 heavy (non-hydrogen) atoms. The summed E-state index contributed by atoms with van der Waals surface area (Å²) in [5.41, 5.74) is 7.93.